The molecule has 134 valence electrons. The largest absolute Gasteiger partial charge is 0.325 e. The van der Waals surface area contributed by atoms with Crippen LogP contribution in [0, 0.1) is 25.2 Å². The van der Waals surface area contributed by atoms with Gasteiger partial charge in [-0.3, -0.25) is 4.79 Å². The number of carbonyl (C=O) groups is 1. The van der Waals surface area contributed by atoms with E-state index in [0.717, 1.165) is 22.5 Å². The lowest BCUT2D eigenvalue weighted by atomic mass is 10.1. The number of aryl methyl sites for hydroxylation is 2. The van der Waals surface area contributed by atoms with Crippen LogP contribution < -0.4 is 5.32 Å². The van der Waals surface area contributed by atoms with Gasteiger partial charge < -0.3 is 5.32 Å². The van der Waals surface area contributed by atoms with Crippen molar-refractivity contribution in [3.8, 4) is 17.3 Å². The van der Waals surface area contributed by atoms with Gasteiger partial charge in [0, 0.05) is 11.3 Å². The van der Waals surface area contributed by atoms with Crippen LogP contribution >= 0.6 is 11.8 Å². The fourth-order valence-corrected chi connectivity index (χ4v) is 3.33. The molecule has 0 aliphatic rings. The Kier molecular flexibility index (Phi) is 5.90. The molecule has 3 rings (SSSR count). The van der Waals surface area contributed by atoms with E-state index >= 15 is 0 Å². The minimum atomic E-state index is -0.126. The summed E-state index contributed by atoms with van der Waals surface area (Å²) in [7, 11) is 0. The van der Waals surface area contributed by atoms with E-state index in [9.17, 15) is 10.1 Å². The maximum absolute atomic E-state index is 12.3. The summed E-state index contributed by atoms with van der Waals surface area (Å²) in [5.41, 5.74) is 5.32. The minimum Gasteiger partial charge on any atom is -0.325 e. The molecule has 1 amide bonds. The van der Waals surface area contributed by atoms with Crippen LogP contribution in [-0.2, 0) is 4.79 Å². The number of pyridine rings is 1. The molecule has 0 aliphatic heterocycles. The van der Waals surface area contributed by atoms with Crippen molar-refractivity contribution >= 4 is 23.4 Å². The van der Waals surface area contributed by atoms with Gasteiger partial charge >= 0.3 is 0 Å². The number of anilines is 1. The van der Waals surface area contributed by atoms with E-state index in [4.69, 9.17) is 0 Å². The third-order valence-electron chi connectivity index (χ3n) is 4.18. The van der Waals surface area contributed by atoms with Gasteiger partial charge in [0.2, 0.25) is 5.91 Å². The number of thioether (sulfide) groups is 1. The van der Waals surface area contributed by atoms with Crippen molar-refractivity contribution in [1.82, 2.24) is 4.98 Å². The highest BCUT2D eigenvalue weighted by Crippen LogP contribution is 2.25. The van der Waals surface area contributed by atoms with E-state index in [2.05, 4.69) is 16.4 Å². The number of hydrogen-bond acceptors (Lipinski definition) is 4. The zero-order valence-electron chi connectivity index (χ0n) is 15.2. The summed E-state index contributed by atoms with van der Waals surface area (Å²) in [6, 6.07) is 21.3. The van der Waals surface area contributed by atoms with E-state index < -0.39 is 0 Å². The molecule has 4 nitrogen and oxygen atoms in total. The number of nitriles is 1. The van der Waals surface area contributed by atoms with Gasteiger partial charge in [0.25, 0.3) is 0 Å². The van der Waals surface area contributed by atoms with Crippen LogP contribution in [0.1, 0.15) is 16.7 Å². The summed E-state index contributed by atoms with van der Waals surface area (Å²) in [5, 5.41) is 12.8. The van der Waals surface area contributed by atoms with Gasteiger partial charge in [0.1, 0.15) is 11.1 Å². The highest BCUT2D eigenvalue weighted by atomic mass is 32.2. The Morgan fingerprint density at radius 1 is 1.07 bits per heavy atom. The van der Waals surface area contributed by atoms with Gasteiger partial charge in [-0.1, -0.05) is 48.2 Å². The fourth-order valence-electron chi connectivity index (χ4n) is 2.56. The van der Waals surface area contributed by atoms with E-state index in [1.807, 2.05) is 68.4 Å². The SMILES string of the molecule is Cc1ccc(NC(=O)CSc2nc(-c3ccccc3)ccc2C#N)cc1C. The van der Waals surface area contributed by atoms with Gasteiger partial charge in [-0.05, 0) is 49.2 Å². The summed E-state index contributed by atoms with van der Waals surface area (Å²) in [6.07, 6.45) is 0. The first-order chi connectivity index (χ1) is 13.1. The molecule has 0 unspecified atom stereocenters. The molecule has 27 heavy (non-hydrogen) atoms. The van der Waals surface area contributed by atoms with Crippen molar-refractivity contribution in [3.63, 3.8) is 0 Å². The second-order valence-electron chi connectivity index (χ2n) is 6.16. The van der Waals surface area contributed by atoms with E-state index in [-0.39, 0.29) is 11.7 Å². The number of aromatic nitrogens is 1. The van der Waals surface area contributed by atoms with E-state index in [1.54, 1.807) is 6.07 Å². The number of carbonyl (C=O) groups excluding carboxylic acids is 1. The van der Waals surface area contributed by atoms with Crippen molar-refractivity contribution in [3.05, 3.63) is 77.4 Å². The van der Waals surface area contributed by atoms with Gasteiger partial charge in [-0.25, -0.2) is 4.98 Å². The third-order valence-corrected chi connectivity index (χ3v) is 5.17. The van der Waals surface area contributed by atoms with Gasteiger partial charge in [0.05, 0.1) is 17.0 Å². The summed E-state index contributed by atoms with van der Waals surface area (Å²) in [6.45, 7) is 4.05. The molecule has 1 aromatic heterocycles. The number of benzene rings is 2. The third kappa shape index (κ3) is 4.75. The van der Waals surface area contributed by atoms with Crippen molar-refractivity contribution in [2.24, 2.45) is 0 Å². The molecule has 0 atom stereocenters. The molecule has 1 heterocycles. The molecule has 0 fully saturated rings. The first kappa shape index (κ1) is 18.7. The molecular weight excluding hydrogens is 354 g/mol. The molecule has 1 N–H and O–H groups in total. The molecule has 3 aromatic rings. The Morgan fingerprint density at radius 2 is 1.85 bits per heavy atom. The number of rotatable bonds is 5. The maximum Gasteiger partial charge on any atom is 0.234 e. The lowest BCUT2D eigenvalue weighted by molar-refractivity contribution is -0.113. The average Bonchev–Trinajstić information content (AvgIpc) is 2.69. The summed E-state index contributed by atoms with van der Waals surface area (Å²) >= 11 is 1.27. The first-order valence-corrected chi connectivity index (χ1v) is 9.52. The minimum absolute atomic E-state index is 0.126. The topological polar surface area (TPSA) is 65.8 Å². The zero-order chi connectivity index (χ0) is 19.2. The first-order valence-electron chi connectivity index (χ1n) is 8.53. The average molecular weight is 373 g/mol. The second-order valence-corrected chi connectivity index (χ2v) is 7.13. The Morgan fingerprint density at radius 3 is 2.56 bits per heavy atom. The summed E-state index contributed by atoms with van der Waals surface area (Å²) in [5.74, 6) is 0.0615. The summed E-state index contributed by atoms with van der Waals surface area (Å²) in [4.78, 5) is 16.9. The van der Waals surface area contributed by atoms with Crippen LogP contribution in [0.4, 0.5) is 5.69 Å². The van der Waals surface area contributed by atoms with Gasteiger partial charge in [-0.15, -0.1) is 0 Å². The number of nitrogens with one attached hydrogen (secondary N) is 1. The smallest absolute Gasteiger partial charge is 0.234 e. The van der Waals surface area contributed by atoms with Crippen LogP contribution in [0.2, 0.25) is 0 Å². The Labute approximate surface area is 163 Å². The molecule has 2 aromatic carbocycles. The maximum atomic E-state index is 12.3. The summed E-state index contributed by atoms with van der Waals surface area (Å²) < 4.78 is 0. The molecule has 0 spiro atoms. The number of hydrogen-bond donors (Lipinski definition) is 1. The van der Waals surface area contributed by atoms with Crippen LogP contribution in [0.25, 0.3) is 11.3 Å². The Bertz CT molecular complexity index is 1010. The van der Waals surface area contributed by atoms with E-state index in [0.29, 0.717) is 10.6 Å². The highest BCUT2D eigenvalue weighted by molar-refractivity contribution is 8.00. The van der Waals surface area contributed by atoms with Crippen LogP contribution in [0.5, 0.6) is 0 Å². The van der Waals surface area contributed by atoms with Crippen molar-refractivity contribution in [2.45, 2.75) is 18.9 Å². The lowest BCUT2D eigenvalue weighted by Gasteiger charge is -2.09. The fraction of sp³-hybridized carbons (Fsp3) is 0.136. The van der Waals surface area contributed by atoms with Gasteiger partial charge in [-0.2, -0.15) is 5.26 Å². The zero-order valence-corrected chi connectivity index (χ0v) is 16.0. The monoisotopic (exact) mass is 373 g/mol. The van der Waals surface area contributed by atoms with Crippen LogP contribution in [0.3, 0.4) is 0 Å². The number of amides is 1. The second kappa shape index (κ2) is 8.52. The van der Waals surface area contributed by atoms with Crippen LogP contribution in [-0.4, -0.2) is 16.6 Å². The van der Waals surface area contributed by atoms with Crippen molar-refractivity contribution in [1.29, 1.82) is 5.26 Å². The Hall–Kier alpha value is -3.10. The highest BCUT2D eigenvalue weighted by Gasteiger charge is 2.11. The Balaban J connectivity index is 1.72. The lowest BCUT2D eigenvalue weighted by Crippen LogP contribution is -2.14. The van der Waals surface area contributed by atoms with Gasteiger partial charge in [0.15, 0.2) is 0 Å². The normalized spacial score (nSPS) is 10.3. The number of nitrogens with zero attached hydrogens (tertiary/aromatic N) is 2. The van der Waals surface area contributed by atoms with Crippen molar-refractivity contribution < 1.29 is 4.79 Å². The standard InChI is InChI=1S/C22H19N3OS/c1-15-8-10-19(12-16(15)2)24-21(26)14-27-22-18(13-23)9-11-20(25-22)17-6-4-3-5-7-17/h3-12H,14H2,1-2H3,(H,24,26). The molecule has 0 radical (unpaired) electrons. The van der Waals surface area contributed by atoms with Crippen LogP contribution in [0.15, 0.2) is 65.7 Å². The molecule has 5 heteroatoms. The van der Waals surface area contributed by atoms with E-state index in [1.165, 1.54) is 17.3 Å². The predicted molar refractivity (Wildman–Crippen MR) is 110 cm³/mol. The molecule has 0 saturated carbocycles. The molecular formula is C22H19N3OS. The molecule has 0 bridgehead atoms. The quantitative estimate of drug-likeness (QED) is 0.641. The predicted octanol–water partition coefficient (Wildman–Crippen LogP) is 4.97. The molecule has 0 aliphatic carbocycles. The molecule has 0 saturated heterocycles. The van der Waals surface area contributed by atoms with Crippen molar-refractivity contribution in [2.75, 3.05) is 11.1 Å².